The van der Waals surface area contributed by atoms with Crippen LogP contribution in [0.4, 0.5) is 16.0 Å². The van der Waals surface area contributed by atoms with E-state index in [4.69, 9.17) is 5.73 Å². The summed E-state index contributed by atoms with van der Waals surface area (Å²) >= 11 is 0. The van der Waals surface area contributed by atoms with Gasteiger partial charge in [-0.15, -0.1) is 0 Å². The second kappa shape index (κ2) is 6.38. The fraction of sp³-hybridized carbons (Fsp3) is 0.267. The Labute approximate surface area is 126 Å². The van der Waals surface area contributed by atoms with Gasteiger partial charge in [0.25, 0.3) is 5.56 Å². The standard InChI is InChI=1S/C15H17FN4O2/c1-3-12-9(2)14(22)20(15(17)19-12)8-13(21)18-11-6-4-10(16)5-7-11/h4-7H,3,8H2,1-2H3,(H2,17,19)(H,18,21). The molecule has 0 aliphatic carbocycles. The topological polar surface area (TPSA) is 90.0 Å². The van der Waals surface area contributed by atoms with Crippen molar-refractivity contribution in [1.82, 2.24) is 9.55 Å². The minimum Gasteiger partial charge on any atom is -0.369 e. The van der Waals surface area contributed by atoms with Crippen LogP contribution in [-0.2, 0) is 17.8 Å². The molecule has 0 fully saturated rings. The summed E-state index contributed by atoms with van der Waals surface area (Å²) in [6.45, 7) is 3.28. The van der Waals surface area contributed by atoms with Crippen LogP contribution in [0, 0.1) is 12.7 Å². The van der Waals surface area contributed by atoms with Crippen molar-refractivity contribution in [2.24, 2.45) is 0 Å². The number of carbonyl (C=O) groups is 1. The molecule has 7 heteroatoms. The molecule has 1 aromatic heterocycles. The lowest BCUT2D eigenvalue weighted by molar-refractivity contribution is -0.116. The minimum absolute atomic E-state index is 0.00158. The van der Waals surface area contributed by atoms with Crippen LogP contribution in [0.3, 0.4) is 0 Å². The average Bonchev–Trinajstić information content (AvgIpc) is 2.49. The van der Waals surface area contributed by atoms with Gasteiger partial charge >= 0.3 is 0 Å². The van der Waals surface area contributed by atoms with E-state index < -0.39 is 11.7 Å². The zero-order valence-corrected chi connectivity index (χ0v) is 12.4. The normalized spacial score (nSPS) is 10.5. The monoisotopic (exact) mass is 304 g/mol. The molecule has 0 saturated heterocycles. The number of aromatic nitrogens is 2. The van der Waals surface area contributed by atoms with E-state index in [0.29, 0.717) is 23.4 Å². The number of anilines is 2. The summed E-state index contributed by atoms with van der Waals surface area (Å²) in [6, 6.07) is 5.34. The van der Waals surface area contributed by atoms with Gasteiger partial charge in [0.15, 0.2) is 0 Å². The van der Waals surface area contributed by atoms with Crippen LogP contribution in [0.25, 0.3) is 0 Å². The zero-order chi connectivity index (χ0) is 16.3. The summed E-state index contributed by atoms with van der Waals surface area (Å²) in [7, 11) is 0. The van der Waals surface area contributed by atoms with Crippen molar-refractivity contribution in [3.05, 3.63) is 51.7 Å². The fourth-order valence-electron chi connectivity index (χ4n) is 2.09. The summed E-state index contributed by atoms with van der Waals surface area (Å²) in [5.41, 5.74) is 6.95. The van der Waals surface area contributed by atoms with Gasteiger partial charge in [0.1, 0.15) is 12.4 Å². The summed E-state index contributed by atoms with van der Waals surface area (Å²) in [6.07, 6.45) is 0.591. The predicted octanol–water partition coefficient (Wildman–Crippen LogP) is 1.47. The average molecular weight is 304 g/mol. The van der Waals surface area contributed by atoms with Gasteiger partial charge in [-0.3, -0.25) is 14.2 Å². The minimum atomic E-state index is -0.439. The maximum Gasteiger partial charge on any atom is 0.258 e. The molecule has 0 saturated carbocycles. The largest absolute Gasteiger partial charge is 0.369 e. The number of halogens is 1. The maximum atomic E-state index is 12.8. The summed E-state index contributed by atoms with van der Waals surface area (Å²) in [5.74, 6) is -0.832. The molecule has 2 aromatic rings. The van der Waals surface area contributed by atoms with E-state index in [1.54, 1.807) is 6.92 Å². The molecule has 0 spiro atoms. The van der Waals surface area contributed by atoms with Gasteiger partial charge in [-0.25, -0.2) is 9.37 Å². The van der Waals surface area contributed by atoms with E-state index in [2.05, 4.69) is 10.3 Å². The number of nitrogens with zero attached hydrogens (tertiary/aromatic N) is 2. The van der Waals surface area contributed by atoms with Crippen molar-refractivity contribution >= 4 is 17.5 Å². The first-order valence-corrected chi connectivity index (χ1v) is 6.83. The lowest BCUT2D eigenvalue weighted by atomic mass is 10.2. The third kappa shape index (κ3) is 3.30. The van der Waals surface area contributed by atoms with Crippen LogP contribution in [0.1, 0.15) is 18.2 Å². The van der Waals surface area contributed by atoms with Gasteiger partial charge in [-0.05, 0) is 37.6 Å². The number of nitrogens with one attached hydrogen (secondary N) is 1. The number of amides is 1. The quantitative estimate of drug-likeness (QED) is 0.895. The summed E-state index contributed by atoms with van der Waals surface area (Å²) in [5, 5.41) is 2.57. The molecule has 6 nitrogen and oxygen atoms in total. The van der Waals surface area contributed by atoms with Gasteiger partial charge in [0.2, 0.25) is 11.9 Å². The van der Waals surface area contributed by atoms with Crippen molar-refractivity contribution < 1.29 is 9.18 Å². The Kier molecular flexibility index (Phi) is 4.55. The first kappa shape index (κ1) is 15.7. The highest BCUT2D eigenvalue weighted by Crippen LogP contribution is 2.09. The second-order valence-corrected chi connectivity index (χ2v) is 4.84. The van der Waals surface area contributed by atoms with Crippen LogP contribution >= 0.6 is 0 Å². The maximum absolute atomic E-state index is 12.8. The molecule has 22 heavy (non-hydrogen) atoms. The SMILES string of the molecule is CCc1nc(N)n(CC(=O)Nc2ccc(F)cc2)c(=O)c1C. The van der Waals surface area contributed by atoms with E-state index in [9.17, 15) is 14.0 Å². The van der Waals surface area contributed by atoms with Crippen LogP contribution in [0.2, 0.25) is 0 Å². The molecule has 1 aromatic carbocycles. The Bertz CT molecular complexity index is 753. The van der Waals surface area contributed by atoms with E-state index in [-0.39, 0.29) is 18.1 Å². The lowest BCUT2D eigenvalue weighted by Crippen LogP contribution is -2.32. The number of hydrogen-bond donors (Lipinski definition) is 2. The van der Waals surface area contributed by atoms with Gasteiger partial charge in [0.05, 0.1) is 5.69 Å². The Hall–Kier alpha value is -2.70. The number of carbonyl (C=O) groups excluding carboxylic acids is 1. The van der Waals surface area contributed by atoms with Crippen molar-refractivity contribution in [3.63, 3.8) is 0 Å². The van der Waals surface area contributed by atoms with Crippen LogP contribution in [0.5, 0.6) is 0 Å². The predicted molar refractivity (Wildman–Crippen MR) is 82.1 cm³/mol. The number of hydrogen-bond acceptors (Lipinski definition) is 4. The molecule has 0 unspecified atom stereocenters. The molecule has 1 heterocycles. The molecule has 116 valence electrons. The molecule has 0 bridgehead atoms. The molecular formula is C15H17FN4O2. The number of aryl methyl sites for hydroxylation is 1. The van der Waals surface area contributed by atoms with Crippen LogP contribution in [-0.4, -0.2) is 15.5 Å². The molecular weight excluding hydrogens is 287 g/mol. The number of rotatable bonds is 4. The highest BCUT2D eigenvalue weighted by molar-refractivity contribution is 5.90. The molecule has 3 N–H and O–H groups in total. The number of nitrogens with two attached hydrogens (primary N) is 1. The highest BCUT2D eigenvalue weighted by Gasteiger charge is 2.13. The summed E-state index contributed by atoms with van der Waals surface area (Å²) < 4.78 is 13.9. The molecule has 1 amide bonds. The molecule has 0 atom stereocenters. The lowest BCUT2D eigenvalue weighted by Gasteiger charge is -2.12. The first-order chi connectivity index (χ1) is 10.4. The summed E-state index contributed by atoms with van der Waals surface area (Å²) in [4.78, 5) is 28.3. The van der Waals surface area contributed by atoms with Crippen molar-refractivity contribution in [2.45, 2.75) is 26.8 Å². The van der Waals surface area contributed by atoms with Crippen molar-refractivity contribution in [3.8, 4) is 0 Å². The number of nitrogen functional groups attached to an aromatic ring is 1. The van der Waals surface area contributed by atoms with Gasteiger partial charge in [-0.2, -0.15) is 0 Å². The van der Waals surface area contributed by atoms with E-state index in [1.165, 1.54) is 24.3 Å². The first-order valence-electron chi connectivity index (χ1n) is 6.83. The Balaban J connectivity index is 2.20. The van der Waals surface area contributed by atoms with Gasteiger partial charge in [-0.1, -0.05) is 6.92 Å². The van der Waals surface area contributed by atoms with E-state index in [1.807, 2.05) is 6.92 Å². The fourth-order valence-corrected chi connectivity index (χ4v) is 2.09. The third-order valence-electron chi connectivity index (χ3n) is 3.29. The number of benzene rings is 1. The molecule has 0 aliphatic heterocycles. The van der Waals surface area contributed by atoms with Gasteiger partial charge in [0, 0.05) is 11.3 Å². The second-order valence-electron chi connectivity index (χ2n) is 4.84. The molecule has 0 radical (unpaired) electrons. The zero-order valence-electron chi connectivity index (χ0n) is 12.4. The molecule has 0 aliphatic rings. The highest BCUT2D eigenvalue weighted by atomic mass is 19.1. The van der Waals surface area contributed by atoms with Crippen molar-refractivity contribution in [2.75, 3.05) is 11.1 Å². The van der Waals surface area contributed by atoms with Crippen molar-refractivity contribution in [1.29, 1.82) is 0 Å². The van der Waals surface area contributed by atoms with Crippen LogP contribution < -0.4 is 16.6 Å². The Morgan fingerprint density at radius 3 is 2.59 bits per heavy atom. The third-order valence-corrected chi connectivity index (χ3v) is 3.29. The Morgan fingerprint density at radius 2 is 2.00 bits per heavy atom. The van der Waals surface area contributed by atoms with Crippen LogP contribution in [0.15, 0.2) is 29.1 Å². The Morgan fingerprint density at radius 1 is 1.36 bits per heavy atom. The smallest absolute Gasteiger partial charge is 0.258 e. The van der Waals surface area contributed by atoms with Gasteiger partial charge < -0.3 is 11.1 Å². The molecule has 2 rings (SSSR count). The van der Waals surface area contributed by atoms with E-state index in [0.717, 1.165) is 4.57 Å². The van der Waals surface area contributed by atoms with E-state index >= 15 is 0 Å².